The molecule has 5 heteroatoms. The summed E-state index contributed by atoms with van der Waals surface area (Å²) in [6, 6.07) is 0. The zero-order valence-corrected chi connectivity index (χ0v) is 10.1. The Morgan fingerprint density at radius 3 is 2.20 bits per heavy atom. The summed E-state index contributed by atoms with van der Waals surface area (Å²) in [5, 5.41) is 2.74. The van der Waals surface area contributed by atoms with Gasteiger partial charge in [-0.1, -0.05) is 0 Å². The number of hydrogen-bond donors (Lipinski definition) is 1. The van der Waals surface area contributed by atoms with E-state index in [4.69, 9.17) is 9.47 Å². The first kappa shape index (κ1) is 14.2. The topological polar surface area (TPSA) is 56.8 Å². The fourth-order valence-electron chi connectivity index (χ4n) is 1.20. The van der Waals surface area contributed by atoms with E-state index in [0.29, 0.717) is 6.42 Å². The lowest BCUT2D eigenvalue weighted by atomic mass is 9.98. The predicted molar refractivity (Wildman–Crippen MR) is 56.7 cm³/mol. The number of carbonyl (C=O) groups excluding carboxylic acids is 1. The van der Waals surface area contributed by atoms with Crippen LogP contribution in [-0.4, -0.2) is 39.3 Å². The van der Waals surface area contributed by atoms with Crippen molar-refractivity contribution >= 4 is 6.09 Å². The fraction of sp³-hybridized carbons (Fsp3) is 0.900. The molecule has 0 radical (unpaired) electrons. The molecule has 0 bridgehead atoms. The van der Waals surface area contributed by atoms with Gasteiger partial charge in [-0.3, -0.25) is 0 Å². The van der Waals surface area contributed by atoms with E-state index in [1.54, 1.807) is 14.2 Å². The molecule has 0 atom stereocenters. The average molecular weight is 219 g/mol. The molecule has 0 aliphatic heterocycles. The molecule has 0 aromatic carbocycles. The minimum Gasteiger partial charge on any atom is -0.453 e. The van der Waals surface area contributed by atoms with Gasteiger partial charge in [0.1, 0.15) is 0 Å². The average Bonchev–Trinajstić information content (AvgIpc) is 2.18. The normalized spacial score (nSPS) is 11.6. The molecule has 15 heavy (non-hydrogen) atoms. The van der Waals surface area contributed by atoms with Gasteiger partial charge in [0.05, 0.1) is 7.11 Å². The van der Waals surface area contributed by atoms with Crippen molar-refractivity contribution in [2.75, 3.05) is 21.3 Å². The maximum absolute atomic E-state index is 11.0. The monoisotopic (exact) mass is 219 g/mol. The van der Waals surface area contributed by atoms with Gasteiger partial charge in [-0.25, -0.2) is 4.79 Å². The van der Waals surface area contributed by atoms with Gasteiger partial charge in [0, 0.05) is 26.2 Å². The Kier molecular flexibility index (Phi) is 6.27. The Balaban J connectivity index is 3.97. The SMILES string of the molecule is COC(=O)NC(C)(C)CCC(OC)OC. The highest BCUT2D eigenvalue weighted by atomic mass is 16.7. The number of alkyl carbamates (subject to hydrolysis) is 1. The molecule has 0 aromatic heterocycles. The molecule has 90 valence electrons. The highest BCUT2D eigenvalue weighted by Crippen LogP contribution is 2.14. The minimum atomic E-state index is -0.425. The van der Waals surface area contributed by atoms with Gasteiger partial charge in [0.2, 0.25) is 0 Å². The Labute approximate surface area is 91.1 Å². The molecule has 5 nitrogen and oxygen atoms in total. The molecule has 0 aliphatic rings. The summed E-state index contributed by atoms with van der Waals surface area (Å²) in [4.78, 5) is 11.0. The van der Waals surface area contributed by atoms with Crippen LogP contribution in [-0.2, 0) is 14.2 Å². The smallest absolute Gasteiger partial charge is 0.407 e. The second-order valence-electron chi connectivity index (χ2n) is 3.94. The van der Waals surface area contributed by atoms with Crippen molar-refractivity contribution in [1.82, 2.24) is 5.32 Å². The van der Waals surface area contributed by atoms with Crippen molar-refractivity contribution in [2.24, 2.45) is 0 Å². The summed E-state index contributed by atoms with van der Waals surface area (Å²) in [5.74, 6) is 0. The summed E-state index contributed by atoms with van der Waals surface area (Å²) in [6.45, 7) is 3.85. The molecular formula is C10H21NO4. The standard InChI is InChI=1S/C10H21NO4/c1-10(2,11-9(12)15-5)7-6-8(13-3)14-4/h8H,6-7H2,1-5H3,(H,11,12). The summed E-state index contributed by atoms with van der Waals surface area (Å²) in [7, 11) is 4.53. The lowest BCUT2D eigenvalue weighted by molar-refractivity contribution is -0.109. The van der Waals surface area contributed by atoms with Gasteiger partial charge in [-0.05, 0) is 20.3 Å². The van der Waals surface area contributed by atoms with E-state index < -0.39 is 6.09 Å². The first-order chi connectivity index (χ1) is 6.95. The van der Waals surface area contributed by atoms with E-state index >= 15 is 0 Å². The van der Waals surface area contributed by atoms with Crippen molar-refractivity contribution in [3.05, 3.63) is 0 Å². The number of rotatable bonds is 6. The third-order valence-electron chi connectivity index (χ3n) is 2.16. The second kappa shape index (κ2) is 6.63. The Bertz CT molecular complexity index is 190. The molecule has 0 rings (SSSR count). The Morgan fingerprint density at radius 1 is 1.27 bits per heavy atom. The quantitative estimate of drug-likeness (QED) is 0.688. The van der Waals surface area contributed by atoms with Gasteiger partial charge in [-0.15, -0.1) is 0 Å². The molecular weight excluding hydrogens is 198 g/mol. The Hall–Kier alpha value is -0.810. The number of nitrogens with one attached hydrogen (secondary N) is 1. The molecule has 0 heterocycles. The van der Waals surface area contributed by atoms with Crippen LogP contribution in [0.5, 0.6) is 0 Å². The maximum atomic E-state index is 11.0. The minimum absolute atomic E-state index is 0.233. The first-order valence-corrected chi connectivity index (χ1v) is 4.87. The van der Waals surface area contributed by atoms with E-state index in [1.807, 2.05) is 13.8 Å². The third-order valence-corrected chi connectivity index (χ3v) is 2.16. The number of hydrogen-bond acceptors (Lipinski definition) is 4. The highest BCUT2D eigenvalue weighted by molar-refractivity contribution is 5.67. The van der Waals surface area contributed by atoms with Crippen LogP contribution in [0.4, 0.5) is 4.79 Å². The maximum Gasteiger partial charge on any atom is 0.407 e. The third kappa shape index (κ3) is 6.30. The Morgan fingerprint density at radius 2 is 1.80 bits per heavy atom. The first-order valence-electron chi connectivity index (χ1n) is 4.87. The van der Waals surface area contributed by atoms with Crippen LogP contribution >= 0.6 is 0 Å². The van der Waals surface area contributed by atoms with Crippen molar-refractivity contribution in [1.29, 1.82) is 0 Å². The van der Waals surface area contributed by atoms with Crippen molar-refractivity contribution < 1.29 is 19.0 Å². The van der Waals surface area contributed by atoms with Crippen molar-refractivity contribution in [3.8, 4) is 0 Å². The van der Waals surface area contributed by atoms with E-state index in [2.05, 4.69) is 10.1 Å². The van der Waals surface area contributed by atoms with Gasteiger partial charge in [0.15, 0.2) is 6.29 Å². The summed E-state index contributed by atoms with van der Waals surface area (Å²) in [6.07, 6.45) is 0.799. The van der Waals surface area contributed by atoms with E-state index in [0.717, 1.165) is 6.42 Å². The number of carbonyl (C=O) groups is 1. The molecule has 0 saturated heterocycles. The van der Waals surface area contributed by atoms with Crippen LogP contribution in [0.3, 0.4) is 0 Å². The zero-order valence-electron chi connectivity index (χ0n) is 10.1. The van der Waals surface area contributed by atoms with Crippen LogP contribution < -0.4 is 5.32 Å². The number of amides is 1. The molecule has 0 aliphatic carbocycles. The highest BCUT2D eigenvalue weighted by Gasteiger charge is 2.22. The van der Waals surface area contributed by atoms with Crippen LogP contribution in [0.25, 0.3) is 0 Å². The van der Waals surface area contributed by atoms with Gasteiger partial charge >= 0.3 is 6.09 Å². The fourth-order valence-corrected chi connectivity index (χ4v) is 1.20. The van der Waals surface area contributed by atoms with Gasteiger partial charge in [0.25, 0.3) is 0 Å². The zero-order chi connectivity index (χ0) is 11.9. The lowest BCUT2D eigenvalue weighted by Gasteiger charge is -2.26. The van der Waals surface area contributed by atoms with Crippen molar-refractivity contribution in [2.45, 2.75) is 38.5 Å². The van der Waals surface area contributed by atoms with Crippen LogP contribution in [0, 0.1) is 0 Å². The summed E-state index contributed by atoms with van der Waals surface area (Å²) >= 11 is 0. The second-order valence-corrected chi connectivity index (χ2v) is 3.94. The molecule has 0 saturated carbocycles. The lowest BCUT2D eigenvalue weighted by Crippen LogP contribution is -2.43. The van der Waals surface area contributed by atoms with Crippen molar-refractivity contribution in [3.63, 3.8) is 0 Å². The summed E-state index contributed by atoms with van der Waals surface area (Å²) in [5.41, 5.74) is -0.331. The van der Waals surface area contributed by atoms with Gasteiger partial charge < -0.3 is 19.5 Å². The molecule has 1 amide bonds. The van der Waals surface area contributed by atoms with Crippen LogP contribution in [0.15, 0.2) is 0 Å². The molecule has 0 spiro atoms. The predicted octanol–water partition coefficient (Wildman–Crippen LogP) is 1.52. The largest absolute Gasteiger partial charge is 0.453 e. The summed E-state index contributed by atoms with van der Waals surface area (Å²) < 4.78 is 14.7. The van der Waals surface area contributed by atoms with Crippen LogP contribution in [0.2, 0.25) is 0 Å². The van der Waals surface area contributed by atoms with E-state index in [9.17, 15) is 4.79 Å². The molecule has 0 fully saturated rings. The number of methoxy groups -OCH3 is 3. The molecule has 0 unspecified atom stereocenters. The number of ether oxygens (including phenoxy) is 3. The van der Waals surface area contributed by atoms with E-state index in [1.165, 1.54) is 7.11 Å². The van der Waals surface area contributed by atoms with Crippen LogP contribution in [0.1, 0.15) is 26.7 Å². The molecule has 1 N–H and O–H groups in total. The van der Waals surface area contributed by atoms with E-state index in [-0.39, 0.29) is 11.8 Å². The molecule has 0 aromatic rings. The van der Waals surface area contributed by atoms with Gasteiger partial charge in [-0.2, -0.15) is 0 Å².